The van der Waals surface area contributed by atoms with Crippen molar-refractivity contribution >= 4 is 15.9 Å². The first-order chi connectivity index (χ1) is 9.56. The van der Waals surface area contributed by atoms with Gasteiger partial charge in [0.1, 0.15) is 0 Å². The molecule has 0 spiro atoms. The van der Waals surface area contributed by atoms with Gasteiger partial charge in [-0.25, -0.2) is 4.98 Å². The van der Waals surface area contributed by atoms with E-state index in [2.05, 4.69) is 51.4 Å². The van der Waals surface area contributed by atoms with Crippen molar-refractivity contribution in [1.29, 1.82) is 0 Å². The number of aromatic nitrogens is 4. The average Bonchev–Trinajstić information content (AvgIpc) is 2.96. The van der Waals surface area contributed by atoms with E-state index in [0.29, 0.717) is 0 Å². The molecular weight excluding hydrogens is 318 g/mol. The van der Waals surface area contributed by atoms with Crippen molar-refractivity contribution in [3.05, 3.63) is 34.1 Å². The number of nitrogens with zero attached hydrogens (tertiary/aromatic N) is 4. The third kappa shape index (κ3) is 3.12. The van der Waals surface area contributed by atoms with E-state index < -0.39 is 0 Å². The van der Waals surface area contributed by atoms with Gasteiger partial charge in [-0.15, -0.1) is 0 Å². The summed E-state index contributed by atoms with van der Waals surface area (Å²) >= 11 is 3.68. The van der Waals surface area contributed by atoms with Crippen molar-refractivity contribution in [1.82, 2.24) is 24.6 Å². The maximum atomic E-state index is 4.56. The topological polar surface area (TPSA) is 47.7 Å². The maximum Gasteiger partial charge on any atom is 0.0947 e. The Kier molecular flexibility index (Phi) is 4.99. The van der Waals surface area contributed by atoms with Gasteiger partial charge < -0.3 is 9.88 Å². The van der Waals surface area contributed by atoms with Crippen LogP contribution in [-0.2, 0) is 26.9 Å². The lowest BCUT2D eigenvalue weighted by molar-refractivity contribution is 0.518. The molecule has 6 heteroatoms. The van der Waals surface area contributed by atoms with Crippen molar-refractivity contribution in [3.8, 4) is 0 Å². The first-order valence-corrected chi connectivity index (χ1v) is 7.77. The molecule has 1 N–H and O–H groups in total. The summed E-state index contributed by atoms with van der Waals surface area (Å²) in [6, 6.07) is 0.206. The standard InChI is InChI=1S/C14H22BrN5/c1-5-10-14(15)13(20(4)18-10)7-11(16-6-2)12-8-19(3)9-17-12/h8-9,11,16H,5-7H2,1-4H3. The summed E-state index contributed by atoms with van der Waals surface area (Å²) in [5.74, 6) is 0. The molecule has 2 rings (SSSR count). The van der Waals surface area contributed by atoms with Crippen LogP contribution in [0.25, 0.3) is 0 Å². The Balaban J connectivity index is 2.26. The van der Waals surface area contributed by atoms with Crippen LogP contribution in [0.3, 0.4) is 0 Å². The molecule has 0 aliphatic rings. The molecule has 110 valence electrons. The van der Waals surface area contributed by atoms with Crippen LogP contribution in [-0.4, -0.2) is 25.9 Å². The number of halogens is 1. The minimum Gasteiger partial charge on any atom is -0.340 e. The van der Waals surface area contributed by atoms with Gasteiger partial charge in [0.2, 0.25) is 0 Å². The quantitative estimate of drug-likeness (QED) is 0.878. The van der Waals surface area contributed by atoms with Gasteiger partial charge in [0.05, 0.1) is 33.9 Å². The molecule has 2 heterocycles. The summed E-state index contributed by atoms with van der Waals surface area (Å²) in [6.45, 7) is 5.15. The zero-order valence-electron chi connectivity index (χ0n) is 12.5. The van der Waals surface area contributed by atoms with Crippen molar-refractivity contribution in [2.75, 3.05) is 6.54 Å². The Hall–Kier alpha value is -1.14. The molecule has 0 radical (unpaired) electrons. The van der Waals surface area contributed by atoms with E-state index in [1.165, 1.54) is 5.69 Å². The highest BCUT2D eigenvalue weighted by Gasteiger charge is 2.20. The van der Waals surface area contributed by atoms with Gasteiger partial charge in [-0.1, -0.05) is 13.8 Å². The van der Waals surface area contributed by atoms with Crippen molar-refractivity contribution < 1.29 is 0 Å². The number of imidazole rings is 1. The van der Waals surface area contributed by atoms with Gasteiger partial charge in [0.15, 0.2) is 0 Å². The lowest BCUT2D eigenvalue weighted by atomic mass is 10.1. The maximum absolute atomic E-state index is 4.56. The normalized spacial score (nSPS) is 12.8. The molecule has 20 heavy (non-hydrogen) atoms. The number of nitrogens with one attached hydrogen (secondary N) is 1. The number of hydrogen-bond acceptors (Lipinski definition) is 3. The van der Waals surface area contributed by atoms with Gasteiger partial charge >= 0.3 is 0 Å². The first-order valence-electron chi connectivity index (χ1n) is 6.98. The van der Waals surface area contributed by atoms with Crippen LogP contribution in [0, 0.1) is 0 Å². The second kappa shape index (κ2) is 6.54. The predicted molar refractivity (Wildman–Crippen MR) is 83.6 cm³/mol. The summed E-state index contributed by atoms with van der Waals surface area (Å²) in [6.07, 6.45) is 5.71. The van der Waals surface area contributed by atoms with E-state index in [0.717, 1.165) is 35.2 Å². The van der Waals surface area contributed by atoms with E-state index in [4.69, 9.17) is 0 Å². The van der Waals surface area contributed by atoms with Crippen molar-refractivity contribution in [2.24, 2.45) is 14.1 Å². The summed E-state index contributed by atoms with van der Waals surface area (Å²) in [4.78, 5) is 4.47. The minimum atomic E-state index is 0.206. The minimum absolute atomic E-state index is 0.206. The SMILES string of the molecule is CCNC(Cc1c(Br)c(CC)nn1C)c1cn(C)cn1. The van der Waals surface area contributed by atoms with E-state index in [1.54, 1.807) is 0 Å². The smallest absolute Gasteiger partial charge is 0.0947 e. The number of likely N-dealkylation sites (N-methyl/N-ethyl adjacent to an activating group) is 1. The van der Waals surface area contributed by atoms with Crippen molar-refractivity contribution in [2.45, 2.75) is 32.7 Å². The molecule has 2 aromatic heterocycles. The largest absolute Gasteiger partial charge is 0.340 e. The zero-order chi connectivity index (χ0) is 14.7. The Labute approximate surface area is 128 Å². The van der Waals surface area contributed by atoms with Gasteiger partial charge in [-0.05, 0) is 28.9 Å². The highest BCUT2D eigenvalue weighted by atomic mass is 79.9. The van der Waals surface area contributed by atoms with E-state index in [-0.39, 0.29) is 6.04 Å². The summed E-state index contributed by atoms with van der Waals surface area (Å²) in [5, 5.41) is 8.06. The molecule has 2 aromatic rings. The van der Waals surface area contributed by atoms with Crippen LogP contribution in [0.15, 0.2) is 17.0 Å². The molecule has 0 fully saturated rings. The van der Waals surface area contributed by atoms with Crippen LogP contribution >= 0.6 is 15.9 Å². The Bertz CT molecular complexity index is 572. The molecule has 1 unspecified atom stereocenters. The number of rotatable bonds is 6. The lowest BCUT2D eigenvalue weighted by Crippen LogP contribution is -2.24. The second-order valence-corrected chi connectivity index (χ2v) is 5.76. The molecule has 0 saturated carbocycles. The Morgan fingerprint density at radius 2 is 2.10 bits per heavy atom. The average molecular weight is 340 g/mol. The number of aryl methyl sites for hydroxylation is 3. The molecule has 0 amide bonds. The van der Waals surface area contributed by atoms with Crippen LogP contribution in [0.2, 0.25) is 0 Å². The summed E-state index contributed by atoms with van der Waals surface area (Å²) < 4.78 is 5.08. The van der Waals surface area contributed by atoms with Gasteiger partial charge in [-0.3, -0.25) is 4.68 Å². The van der Waals surface area contributed by atoms with Crippen molar-refractivity contribution in [3.63, 3.8) is 0 Å². The third-order valence-electron chi connectivity index (χ3n) is 3.43. The van der Waals surface area contributed by atoms with Gasteiger partial charge in [-0.2, -0.15) is 5.10 Å². The summed E-state index contributed by atoms with van der Waals surface area (Å²) in [7, 11) is 4.00. The van der Waals surface area contributed by atoms with Crippen LogP contribution < -0.4 is 5.32 Å². The molecule has 0 aliphatic heterocycles. The highest BCUT2D eigenvalue weighted by molar-refractivity contribution is 9.10. The zero-order valence-corrected chi connectivity index (χ0v) is 14.1. The fourth-order valence-corrected chi connectivity index (χ4v) is 3.15. The number of hydrogen-bond donors (Lipinski definition) is 1. The monoisotopic (exact) mass is 339 g/mol. The van der Waals surface area contributed by atoms with Gasteiger partial charge in [0, 0.05) is 26.7 Å². The van der Waals surface area contributed by atoms with Crippen LogP contribution in [0.1, 0.15) is 37.0 Å². The molecule has 0 aromatic carbocycles. The van der Waals surface area contributed by atoms with E-state index in [9.17, 15) is 0 Å². The molecule has 0 aliphatic carbocycles. The Morgan fingerprint density at radius 1 is 1.35 bits per heavy atom. The van der Waals surface area contributed by atoms with Gasteiger partial charge in [0.25, 0.3) is 0 Å². The molecule has 0 bridgehead atoms. The fraction of sp³-hybridized carbons (Fsp3) is 0.571. The van der Waals surface area contributed by atoms with E-state index >= 15 is 0 Å². The molecule has 5 nitrogen and oxygen atoms in total. The molecule has 1 atom stereocenters. The lowest BCUT2D eigenvalue weighted by Gasteiger charge is -2.16. The van der Waals surface area contributed by atoms with E-state index in [1.807, 2.05) is 29.7 Å². The summed E-state index contributed by atoms with van der Waals surface area (Å²) in [5.41, 5.74) is 3.39. The Morgan fingerprint density at radius 3 is 2.60 bits per heavy atom. The second-order valence-electron chi connectivity index (χ2n) is 4.96. The third-order valence-corrected chi connectivity index (χ3v) is 4.35. The molecular formula is C14H22BrN5. The highest BCUT2D eigenvalue weighted by Crippen LogP contribution is 2.26. The fourth-order valence-electron chi connectivity index (χ4n) is 2.38. The van der Waals surface area contributed by atoms with Crippen LogP contribution in [0.4, 0.5) is 0 Å². The first kappa shape index (κ1) is 15.3. The van der Waals surface area contributed by atoms with Crippen LogP contribution in [0.5, 0.6) is 0 Å². The molecule has 0 saturated heterocycles. The predicted octanol–water partition coefficient (Wildman–Crippen LogP) is 2.37.